The van der Waals surface area contributed by atoms with Crippen molar-refractivity contribution in [3.63, 3.8) is 0 Å². The molecule has 3 rings (SSSR count). The van der Waals surface area contributed by atoms with Crippen molar-refractivity contribution < 1.29 is 17.9 Å². The van der Waals surface area contributed by atoms with E-state index in [-0.39, 0.29) is 18.1 Å². The number of ether oxygens (including phenoxy) is 1. The summed E-state index contributed by atoms with van der Waals surface area (Å²) in [6, 6.07) is 0. The summed E-state index contributed by atoms with van der Waals surface area (Å²) in [6.45, 7) is 0. The molecule has 6 heteroatoms. The Kier molecular flexibility index (Phi) is 2.26. The Morgan fingerprint density at radius 1 is 1.41 bits per heavy atom. The van der Waals surface area contributed by atoms with Gasteiger partial charge in [-0.15, -0.1) is 0 Å². The smallest absolute Gasteiger partial charge is 0.374 e. The van der Waals surface area contributed by atoms with Gasteiger partial charge in [0, 0.05) is 24.7 Å². The van der Waals surface area contributed by atoms with Gasteiger partial charge >= 0.3 is 6.18 Å². The predicted molar refractivity (Wildman–Crippen MR) is 53.5 cm³/mol. The van der Waals surface area contributed by atoms with E-state index in [4.69, 9.17) is 4.74 Å². The second kappa shape index (κ2) is 3.48. The largest absolute Gasteiger partial charge is 0.435 e. The van der Waals surface area contributed by atoms with Crippen LogP contribution in [-0.4, -0.2) is 22.0 Å². The minimum Gasteiger partial charge on any atom is -0.374 e. The second-order valence-corrected chi connectivity index (χ2v) is 4.82. The van der Waals surface area contributed by atoms with Crippen LogP contribution in [0.15, 0.2) is 6.20 Å². The zero-order chi connectivity index (χ0) is 12.2. The lowest BCUT2D eigenvalue weighted by molar-refractivity contribution is -0.142. The molecular weight excluding hydrogens is 233 g/mol. The van der Waals surface area contributed by atoms with E-state index < -0.39 is 11.9 Å². The Morgan fingerprint density at radius 2 is 2.18 bits per heavy atom. The van der Waals surface area contributed by atoms with Crippen molar-refractivity contribution in [2.24, 2.45) is 7.05 Å². The van der Waals surface area contributed by atoms with E-state index in [1.165, 1.54) is 17.9 Å². The number of nitrogens with zero attached hydrogens (tertiary/aromatic N) is 2. The third-order valence-electron chi connectivity index (χ3n) is 3.63. The van der Waals surface area contributed by atoms with Crippen molar-refractivity contribution >= 4 is 0 Å². The number of fused-ring (bicyclic) bond motifs is 2. The maximum absolute atomic E-state index is 12.8. The third kappa shape index (κ3) is 1.74. The number of halogens is 3. The van der Waals surface area contributed by atoms with E-state index in [9.17, 15) is 13.2 Å². The van der Waals surface area contributed by atoms with Crippen molar-refractivity contribution in [3.8, 4) is 0 Å². The lowest BCUT2D eigenvalue weighted by Gasteiger charge is -2.19. The molecule has 0 saturated carbocycles. The van der Waals surface area contributed by atoms with Gasteiger partial charge in [0.2, 0.25) is 0 Å². The number of aryl methyl sites for hydroxylation is 1. The summed E-state index contributed by atoms with van der Waals surface area (Å²) >= 11 is 0. The molecule has 0 aliphatic carbocycles. The minimum atomic E-state index is -4.38. The predicted octanol–water partition coefficient (Wildman–Crippen LogP) is 2.47. The number of hydrogen-bond donors (Lipinski definition) is 0. The fraction of sp³-hybridized carbons (Fsp3) is 0.727. The van der Waals surface area contributed by atoms with Gasteiger partial charge in [0.25, 0.3) is 0 Å². The van der Waals surface area contributed by atoms with Crippen LogP contribution in [0.4, 0.5) is 13.2 Å². The third-order valence-corrected chi connectivity index (χ3v) is 3.63. The van der Waals surface area contributed by atoms with Crippen LogP contribution in [0.3, 0.4) is 0 Å². The van der Waals surface area contributed by atoms with Crippen molar-refractivity contribution in [2.75, 3.05) is 0 Å². The van der Waals surface area contributed by atoms with Gasteiger partial charge in [-0.25, -0.2) is 0 Å². The fourth-order valence-electron chi connectivity index (χ4n) is 2.96. The molecule has 2 fully saturated rings. The Labute approximate surface area is 96.6 Å². The first-order chi connectivity index (χ1) is 7.95. The van der Waals surface area contributed by atoms with Gasteiger partial charge in [-0.1, -0.05) is 0 Å². The highest BCUT2D eigenvalue weighted by Crippen LogP contribution is 2.47. The topological polar surface area (TPSA) is 27.1 Å². The molecule has 0 radical (unpaired) electrons. The van der Waals surface area contributed by atoms with E-state index in [0.29, 0.717) is 12.0 Å². The van der Waals surface area contributed by atoms with Crippen LogP contribution in [0.2, 0.25) is 0 Å². The number of alkyl halides is 3. The maximum atomic E-state index is 12.8. The van der Waals surface area contributed by atoms with E-state index in [0.717, 1.165) is 12.8 Å². The van der Waals surface area contributed by atoms with Crippen LogP contribution in [0.1, 0.15) is 36.4 Å². The number of rotatable bonds is 1. The SMILES string of the molecule is Cn1cc(C2CC3CCC2O3)c(C(F)(F)F)n1. The molecule has 3 heterocycles. The monoisotopic (exact) mass is 246 g/mol. The molecule has 3 unspecified atom stereocenters. The molecule has 2 aliphatic heterocycles. The van der Waals surface area contributed by atoms with Gasteiger partial charge in [-0.3, -0.25) is 4.68 Å². The van der Waals surface area contributed by atoms with Crippen LogP contribution in [0.25, 0.3) is 0 Å². The van der Waals surface area contributed by atoms with Crippen LogP contribution in [0, 0.1) is 0 Å². The van der Waals surface area contributed by atoms with Crippen molar-refractivity contribution in [1.82, 2.24) is 9.78 Å². The van der Waals surface area contributed by atoms with E-state index in [1.807, 2.05) is 0 Å². The molecule has 2 aliphatic rings. The normalized spacial score (nSPS) is 32.4. The highest BCUT2D eigenvalue weighted by Gasteiger charge is 2.46. The van der Waals surface area contributed by atoms with Crippen LogP contribution in [0.5, 0.6) is 0 Å². The molecule has 3 nitrogen and oxygen atoms in total. The van der Waals surface area contributed by atoms with Crippen LogP contribution in [-0.2, 0) is 18.0 Å². The summed E-state index contributed by atoms with van der Waals surface area (Å²) in [4.78, 5) is 0. The van der Waals surface area contributed by atoms with E-state index in [1.54, 1.807) is 0 Å². The molecule has 94 valence electrons. The van der Waals surface area contributed by atoms with Gasteiger partial charge < -0.3 is 4.74 Å². The van der Waals surface area contributed by atoms with Crippen molar-refractivity contribution in [2.45, 2.75) is 43.6 Å². The molecule has 0 N–H and O–H groups in total. The molecule has 17 heavy (non-hydrogen) atoms. The molecular formula is C11H13F3N2O. The maximum Gasteiger partial charge on any atom is 0.435 e. The molecule has 1 aromatic heterocycles. The summed E-state index contributed by atoms with van der Waals surface area (Å²) in [6.07, 6.45) is -0.267. The van der Waals surface area contributed by atoms with Gasteiger partial charge in [-0.05, 0) is 19.3 Å². The van der Waals surface area contributed by atoms with Crippen LogP contribution >= 0.6 is 0 Å². The summed E-state index contributed by atoms with van der Waals surface area (Å²) in [5, 5.41) is 3.55. The Morgan fingerprint density at radius 3 is 2.71 bits per heavy atom. The summed E-state index contributed by atoms with van der Waals surface area (Å²) in [5.41, 5.74) is -0.451. The first-order valence-electron chi connectivity index (χ1n) is 5.71. The molecule has 0 aromatic carbocycles. The zero-order valence-corrected chi connectivity index (χ0v) is 9.37. The average Bonchev–Trinajstić information content (AvgIpc) is 2.88. The second-order valence-electron chi connectivity index (χ2n) is 4.82. The van der Waals surface area contributed by atoms with Gasteiger partial charge in [-0.2, -0.15) is 18.3 Å². The first-order valence-corrected chi connectivity index (χ1v) is 5.71. The Bertz CT molecular complexity index is 440. The average molecular weight is 246 g/mol. The van der Waals surface area contributed by atoms with E-state index in [2.05, 4.69) is 5.10 Å². The minimum absolute atomic E-state index is 0.0506. The molecule has 3 atom stereocenters. The Balaban J connectivity index is 1.98. The quantitative estimate of drug-likeness (QED) is 0.761. The van der Waals surface area contributed by atoms with Crippen molar-refractivity contribution in [1.29, 1.82) is 0 Å². The fourth-order valence-corrected chi connectivity index (χ4v) is 2.96. The lowest BCUT2D eigenvalue weighted by Crippen LogP contribution is -2.18. The zero-order valence-electron chi connectivity index (χ0n) is 9.37. The Hall–Kier alpha value is -1.04. The highest BCUT2D eigenvalue weighted by atomic mass is 19.4. The standard InChI is InChI=1S/C11H13F3N2O/c1-16-5-8(10(15-16)11(12,13)14)7-4-6-2-3-9(7)17-6/h5-7,9H,2-4H2,1H3. The van der Waals surface area contributed by atoms with Gasteiger partial charge in [0.15, 0.2) is 5.69 Å². The molecule has 1 aromatic rings. The molecule has 2 saturated heterocycles. The van der Waals surface area contributed by atoms with E-state index >= 15 is 0 Å². The van der Waals surface area contributed by atoms with Gasteiger partial charge in [0.1, 0.15) is 0 Å². The first kappa shape index (κ1) is 11.1. The van der Waals surface area contributed by atoms with Crippen LogP contribution < -0.4 is 0 Å². The number of aromatic nitrogens is 2. The van der Waals surface area contributed by atoms with Gasteiger partial charge in [0.05, 0.1) is 12.2 Å². The highest BCUT2D eigenvalue weighted by molar-refractivity contribution is 5.28. The lowest BCUT2D eigenvalue weighted by atomic mass is 9.84. The summed E-state index contributed by atoms with van der Waals surface area (Å²) in [5.74, 6) is -0.140. The summed E-state index contributed by atoms with van der Waals surface area (Å²) < 4.78 is 45.4. The van der Waals surface area contributed by atoms with Crippen molar-refractivity contribution in [3.05, 3.63) is 17.5 Å². The summed E-state index contributed by atoms with van der Waals surface area (Å²) in [7, 11) is 1.52. The molecule has 2 bridgehead atoms. The molecule has 0 spiro atoms. The number of hydrogen-bond acceptors (Lipinski definition) is 2. The molecule has 0 amide bonds.